The van der Waals surface area contributed by atoms with Gasteiger partial charge >= 0.3 is 5.97 Å². The molecule has 1 aromatic carbocycles. The molecule has 3 rings (SSSR count). The first kappa shape index (κ1) is 17.7. The lowest BCUT2D eigenvalue weighted by atomic mass is 9.73. The highest BCUT2D eigenvalue weighted by Crippen LogP contribution is 2.40. The molecule has 2 aromatic rings. The molecule has 1 aliphatic carbocycles. The van der Waals surface area contributed by atoms with Gasteiger partial charge in [-0.1, -0.05) is 49.6 Å². The van der Waals surface area contributed by atoms with Crippen LogP contribution in [0.5, 0.6) is 0 Å². The summed E-state index contributed by atoms with van der Waals surface area (Å²) in [5.41, 5.74) is -0.914. The van der Waals surface area contributed by atoms with Gasteiger partial charge in [-0.25, -0.2) is 13.9 Å². The van der Waals surface area contributed by atoms with E-state index >= 15 is 0 Å². The number of carbonyl (C=O) groups is 1. The molecular formula is C20H27N2O3+. The highest BCUT2D eigenvalue weighted by atomic mass is 16.5. The second-order valence-electron chi connectivity index (χ2n) is 6.92. The molecule has 0 aliphatic heterocycles. The maximum atomic E-state index is 12.9. The number of imidazole rings is 1. The molecular weight excluding hydrogens is 316 g/mol. The van der Waals surface area contributed by atoms with Crippen molar-refractivity contribution in [3.63, 3.8) is 0 Å². The monoisotopic (exact) mass is 343 g/mol. The van der Waals surface area contributed by atoms with Gasteiger partial charge in [-0.15, -0.1) is 0 Å². The Kier molecular flexibility index (Phi) is 5.53. The second-order valence-corrected chi connectivity index (χ2v) is 6.92. The van der Waals surface area contributed by atoms with Crippen LogP contribution in [0.2, 0.25) is 0 Å². The van der Waals surface area contributed by atoms with Gasteiger partial charge in [0.15, 0.2) is 5.60 Å². The molecule has 1 saturated carbocycles. The number of nitrogens with zero attached hydrogens (tertiary/aromatic N) is 2. The smallest absolute Gasteiger partial charge is 0.343 e. The Bertz CT molecular complexity index is 692. The predicted octanol–water partition coefficient (Wildman–Crippen LogP) is 2.32. The first-order valence-electron chi connectivity index (χ1n) is 9.07. The Labute approximate surface area is 148 Å². The van der Waals surface area contributed by atoms with Gasteiger partial charge in [0.2, 0.25) is 6.33 Å². The summed E-state index contributed by atoms with van der Waals surface area (Å²) in [5.74, 6) is -0.609. The minimum atomic E-state index is -1.55. The number of ether oxygens (including phenoxy) is 1. The van der Waals surface area contributed by atoms with Gasteiger partial charge in [-0.2, -0.15) is 0 Å². The number of hydrogen-bond acceptors (Lipinski definition) is 3. The fraction of sp³-hybridized carbons (Fsp3) is 0.500. The van der Waals surface area contributed by atoms with E-state index < -0.39 is 11.6 Å². The summed E-state index contributed by atoms with van der Waals surface area (Å²) >= 11 is 0. The standard InChI is InChI=1S/C20H27N2O3/c1-21-12-13-22(16-21)14-15-25-19(23)20(24,17-8-4-2-5-9-17)18-10-6-3-7-11-18/h2,4-5,8-9,12-13,16,18,24H,3,6-7,10-11,14-15H2,1H3/q+1. The van der Waals surface area contributed by atoms with E-state index in [-0.39, 0.29) is 12.5 Å². The zero-order valence-corrected chi connectivity index (χ0v) is 14.8. The minimum absolute atomic E-state index is 0.0828. The van der Waals surface area contributed by atoms with E-state index in [0.717, 1.165) is 25.7 Å². The number of rotatable bonds is 6. The van der Waals surface area contributed by atoms with Crippen molar-refractivity contribution in [3.8, 4) is 0 Å². The Balaban J connectivity index is 1.72. The number of aromatic nitrogens is 2. The van der Waals surface area contributed by atoms with Gasteiger partial charge in [0.25, 0.3) is 0 Å². The van der Waals surface area contributed by atoms with Crippen molar-refractivity contribution in [2.24, 2.45) is 13.0 Å². The van der Waals surface area contributed by atoms with Crippen LogP contribution in [0.4, 0.5) is 0 Å². The zero-order chi connectivity index (χ0) is 17.7. The molecule has 1 heterocycles. The van der Waals surface area contributed by atoms with Crippen LogP contribution >= 0.6 is 0 Å². The second kappa shape index (κ2) is 7.83. The third kappa shape index (κ3) is 3.93. The average Bonchev–Trinajstić information content (AvgIpc) is 3.07. The molecule has 0 amide bonds. The van der Waals surface area contributed by atoms with Gasteiger partial charge in [0.05, 0.1) is 7.05 Å². The summed E-state index contributed by atoms with van der Waals surface area (Å²) < 4.78 is 9.40. The lowest BCUT2D eigenvalue weighted by Gasteiger charge is -2.36. The molecule has 134 valence electrons. The topological polar surface area (TPSA) is 55.3 Å². The quantitative estimate of drug-likeness (QED) is 0.647. The summed E-state index contributed by atoms with van der Waals surface area (Å²) in [6.45, 7) is 0.817. The molecule has 1 aliphatic rings. The largest absolute Gasteiger partial charge is 0.459 e. The predicted molar refractivity (Wildman–Crippen MR) is 93.5 cm³/mol. The number of aliphatic hydroxyl groups is 1. The maximum absolute atomic E-state index is 12.9. The number of esters is 1. The van der Waals surface area contributed by atoms with Crippen LogP contribution in [0.15, 0.2) is 49.1 Å². The van der Waals surface area contributed by atoms with E-state index in [1.165, 1.54) is 6.42 Å². The molecule has 1 atom stereocenters. The molecule has 1 fully saturated rings. The van der Waals surface area contributed by atoms with Crippen LogP contribution in [0.25, 0.3) is 0 Å². The van der Waals surface area contributed by atoms with Gasteiger partial charge in [0, 0.05) is 5.92 Å². The first-order chi connectivity index (χ1) is 12.1. The third-order valence-electron chi connectivity index (χ3n) is 5.13. The van der Waals surface area contributed by atoms with Crippen LogP contribution in [-0.4, -0.2) is 22.2 Å². The highest BCUT2D eigenvalue weighted by Gasteiger charge is 2.47. The lowest BCUT2D eigenvalue weighted by molar-refractivity contribution is -0.671. The van der Waals surface area contributed by atoms with E-state index in [1.807, 2.05) is 65.2 Å². The Hall–Kier alpha value is -2.14. The lowest BCUT2D eigenvalue weighted by Crippen LogP contribution is -2.45. The molecule has 1 unspecified atom stereocenters. The van der Waals surface area contributed by atoms with Crippen LogP contribution < -0.4 is 4.57 Å². The molecule has 5 heteroatoms. The van der Waals surface area contributed by atoms with Gasteiger partial charge in [0.1, 0.15) is 25.5 Å². The molecule has 0 bridgehead atoms. The van der Waals surface area contributed by atoms with Crippen molar-refractivity contribution in [2.75, 3.05) is 6.61 Å². The van der Waals surface area contributed by atoms with E-state index in [1.54, 1.807) is 0 Å². The summed E-state index contributed by atoms with van der Waals surface area (Å²) in [4.78, 5) is 12.9. The maximum Gasteiger partial charge on any atom is 0.343 e. The minimum Gasteiger partial charge on any atom is -0.459 e. The summed E-state index contributed by atoms with van der Waals surface area (Å²) in [6.07, 6.45) is 10.8. The first-order valence-corrected chi connectivity index (χ1v) is 9.07. The number of aryl methyl sites for hydroxylation is 1. The van der Waals surface area contributed by atoms with Crippen molar-refractivity contribution in [2.45, 2.75) is 44.2 Å². The van der Waals surface area contributed by atoms with Crippen LogP contribution in [0, 0.1) is 5.92 Å². The molecule has 1 N–H and O–H groups in total. The summed E-state index contributed by atoms with van der Waals surface area (Å²) in [7, 11) is 1.94. The van der Waals surface area contributed by atoms with E-state index in [9.17, 15) is 9.90 Å². The average molecular weight is 343 g/mol. The Morgan fingerprint density at radius 1 is 1.28 bits per heavy atom. The normalized spacial score (nSPS) is 17.8. The summed E-state index contributed by atoms with van der Waals surface area (Å²) in [5, 5.41) is 11.4. The van der Waals surface area contributed by atoms with E-state index in [0.29, 0.717) is 12.1 Å². The molecule has 5 nitrogen and oxygen atoms in total. The number of carbonyl (C=O) groups excluding carboxylic acids is 1. The van der Waals surface area contributed by atoms with Crippen LogP contribution in [-0.2, 0) is 28.7 Å². The van der Waals surface area contributed by atoms with Crippen molar-refractivity contribution < 1.29 is 19.2 Å². The molecule has 0 radical (unpaired) electrons. The number of benzene rings is 1. The fourth-order valence-corrected chi connectivity index (χ4v) is 3.72. The molecule has 25 heavy (non-hydrogen) atoms. The number of hydrogen-bond donors (Lipinski definition) is 1. The van der Waals surface area contributed by atoms with Crippen molar-refractivity contribution in [1.82, 2.24) is 4.57 Å². The fourth-order valence-electron chi connectivity index (χ4n) is 3.72. The van der Waals surface area contributed by atoms with E-state index in [2.05, 4.69) is 0 Å². The summed E-state index contributed by atoms with van der Waals surface area (Å²) in [6, 6.07) is 9.25. The zero-order valence-electron chi connectivity index (χ0n) is 14.8. The highest BCUT2D eigenvalue weighted by molar-refractivity contribution is 5.81. The van der Waals surface area contributed by atoms with Gasteiger partial charge < -0.3 is 9.84 Å². The molecule has 0 saturated heterocycles. The van der Waals surface area contributed by atoms with Crippen LogP contribution in [0.1, 0.15) is 37.7 Å². The molecule has 0 spiro atoms. The van der Waals surface area contributed by atoms with Crippen molar-refractivity contribution >= 4 is 5.97 Å². The molecule has 1 aromatic heterocycles. The SMILES string of the molecule is C[n+]1ccn(CCOC(=O)C(O)(c2ccccc2)C2CCCCC2)c1. The van der Waals surface area contributed by atoms with Crippen molar-refractivity contribution in [1.29, 1.82) is 0 Å². The van der Waals surface area contributed by atoms with E-state index in [4.69, 9.17) is 4.74 Å². The van der Waals surface area contributed by atoms with Crippen LogP contribution in [0.3, 0.4) is 0 Å². The third-order valence-corrected chi connectivity index (χ3v) is 5.13. The van der Waals surface area contributed by atoms with Gasteiger partial charge in [-0.05, 0) is 18.4 Å². The van der Waals surface area contributed by atoms with Crippen molar-refractivity contribution in [3.05, 3.63) is 54.6 Å². The Morgan fingerprint density at radius 2 is 2.00 bits per heavy atom. The Morgan fingerprint density at radius 3 is 2.64 bits per heavy atom. The van der Waals surface area contributed by atoms with Gasteiger partial charge in [-0.3, -0.25) is 0 Å².